The molecule has 0 saturated heterocycles. The van der Waals surface area contributed by atoms with E-state index in [0.717, 1.165) is 11.3 Å². The number of hydrogen-bond acceptors (Lipinski definition) is 4. The van der Waals surface area contributed by atoms with Gasteiger partial charge in [0.15, 0.2) is 0 Å². The topological polar surface area (TPSA) is 42.5 Å². The Balaban J connectivity index is 2.02. The molecule has 2 aromatic heterocycles. The van der Waals surface area contributed by atoms with Crippen LogP contribution in [0, 0.1) is 12.7 Å². The number of hydrogen-bond donors (Lipinski definition) is 0. The second-order valence-corrected chi connectivity index (χ2v) is 5.40. The van der Waals surface area contributed by atoms with Crippen molar-refractivity contribution >= 4 is 23.2 Å². The van der Waals surface area contributed by atoms with E-state index in [1.165, 1.54) is 17.4 Å². The number of nitrogens with zero attached hydrogens (tertiary/aromatic N) is 4. The van der Waals surface area contributed by atoms with Gasteiger partial charge in [-0.2, -0.15) is 5.10 Å². The van der Waals surface area contributed by atoms with Crippen LogP contribution in [0.15, 0.2) is 64.3 Å². The third-order valence-corrected chi connectivity index (χ3v) is 3.88. The molecule has 4 nitrogen and oxygen atoms in total. The van der Waals surface area contributed by atoms with E-state index in [0.29, 0.717) is 10.5 Å². The lowest BCUT2D eigenvalue weighted by molar-refractivity contribution is 0.628. The maximum absolute atomic E-state index is 13.7. The molecule has 0 aliphatic rings. The lowest BCUT2D eigenvalue weighted by Gasteiger charge is -1.98. The number of aromatic nitrogens is 2. The van der Waals surface area contributed by atoms with Gasteiger partial charge in [-0.25, -0.2) is 14.1 Å². The minimum absolute atomic E-state index is 0.303. The van der Waals surface area contributed by atoms with Crippen molar-refractivity contribution in [3.05, 3.63) is 76.0 Å². The zero-order chi connectivity index (χ0) is 15.4. The van der Waals surface area contributed by atoms with Crippen molar-refractivity contribution < 1.29 is 4.39 Å². The van der Waals surface area contributed by atoms with Gasteiger partial charge in [-0.1, -0.05) is 12.1 Å². The molecule has 0 amide bonds. The highest BCUT2D eigenvalue weighted by atomic mass is 32.1. The van der Waals surface area contributed by atoms with Crippen molar-refractivity contribution in [1.82, 2.24) is 9.66 Å². The van der Waals surface area contributed by atoms with Crippen molar-refractivity contribution in [3.63, 3.8) is 0 Å². The van der Waals surface area contributed by atoms with Crippen LogP contribution in [0.25, 0.3) is 0 Å². The fraction of sp³-hybridized carbons (Fsp3) is 0.0625. The van der Waals surface area contributed by atoms with Crippen LogP contribution in [0.1, 0.15) is 11.3 Å². The SMILES string of the molecule is Cc1csc(=Nc2ccccc2F)n1N=Cc1ccncc1. The zero-order valence-corrected chi connectivity index (χ0v) is 12.7. The van der Waals surface area contributed by atoms with E-state index in [-0.39, 0.29) is 5.82 Å². The van der Waals surface area contributed by atoms with Gasteiger partial charge >= 0.3 is 0 Å². The lowest BCUT2D eigenvalue weighted by Crippen LogP contribution is -2.11. The fourth-order valence-corrected chi connectivity index (χ4v) is 2.64. The molecule has 0 saturated carbocycles. The predicted molar refractivity (Wildman–Crippen MR) is 85.9 cm³/mol. The minimum atomic E-state index is -0.349. The summed E-state index contributed by atoms with van der Waals surface area (Å²) in [5, 5.41) is 6.35. The quantitative estimate of drug-likeness (QED) is 0.682. The molecule has 22 heavy (non-hydrogen) atoms. The van der Waals surface area contributed by atoms with E-state index in [2.05, 4.69) is 15.1 Å². The Morgan fingerprint density at radius 2 is 1.95 bits per heavy atom. The Hall–Kier alpha value is -2.60. The van der Waals surface area contributed by atoms with Crippen LogP contribution in [0.5, 0.6) is 0 Å². The molecule has 0 unspecified atom stereocenters. The van der Waals surface area contributed by atoms with Crippen LogP contribution < -0.4 is 4.80 Å². The average molecular weight is 312 g/mol. The largest absolute Gasteiger partial charge is 0.265 e. The summed E-state index contributed by atoms with van der Waals surface area (Å²) >= 11 is 1.42. The molecule has 0 bridgehead atoms. The molecule has 0 fully saturated rings. The molecule has 6 heteroatoms. The normalized spacial score (nSPS) is 12.2. The number of halogens is 1. The van der Waals surface area contributed by atoms with Crippen molar-refractivity contribution in [1.29, 1.82) is 0 Å². The standard InChI is InChI=1S/C16H13FN4S/c1-12-11-22-16(20-15-5-3-2-4-14(15)17)21(12)19-10-13-6-8-18-9-7-13/h2-11H,1H3. The van der Waals surface area contributed by atoms with Crippen LogP contribution in [0.4, 0.5) is 10.1 Å². The van der Waals surface area contributed by atoms with Crippen LogP contribution in [0.3, 0.4) is 0 Å². The molecule has 2 heterocycles. The summed E-state index contributed by atoms with van der Waals surface area (Å²) < 4.78 is 15.4. The molecule has 0 atom stereocenters. The van der Waals surface area contributed by atoms with E-state index < -0.39 is 0 Å². The molecule has 0 radical (unpaired) electrons. The Kier molecular flexibility index (Phi) is 4.20. The number of aryl methyl sites for hydroxylation is 1. The van der Waals surface area contributed by atoms with E-state index in [4.69, 9.17) is 0 Å². The molecule has 0 spiro atoms. The molecule has 110 valence electrons. The first-order valence-electron chi connectivity index (χ1n) is 6.65. The van der Waals surface area contributed by atoms with E-state index in [1.54, 1.807) is 41.5 Å². The maximum Gasteiger partial charge on any atom is 0.211 e. The first-order chi connectivity index (χ1) is 10.7. The summed E-state index contributed by atoms with van der Waals surface area (Å²) in [6, 6.07) is 10.2. The number of thiazole rings is 1. The molecular formula is C16H13FN4S. The lowest BCUT2D eigenvalue weighted by atomic mass is 10.3. The first-order valence-corrected chi connectivity index (χ1v) is 7.53. The highest BCUT2D eigenvalue weighted by Crippen LogP contribution is 2.15. The van der Waals surface area contributed by atoms with E-state index in [1.807, 2.05) is 24.4 Å². The number of pyridine rings is 1. The maximum atomic E-state index is 13.7. The summed E-state index contributed by atoms with van der Waals surface area (Å²) in [6.07, 6.45) is 5.13. The summed E-state index contributed by atoms with van der Waals surface area (Å²) in [6.45, 7) is 1.93. The number of para-hydroxylation sites is 1. The van der Waals surface area contributed by atoms with Gasteiger partial charge in [0.25, 0.3) is 0 Å². The summed E-state index contributed by atoms with van der Waals surface area (Å²) in [4.78, 5) is 8.94. The third kappa shape index (κ3) is 3.17. The number of benzene rings is 1. The predicted octanol–water partition coefficient (Wildman–Crippen LogP) is 3.51. The number of rotatable bonds is 3. The monoisotopic (exact) mass is 312 g/mol. The van der Waals surface area contributed by atoms with Gasteiger partial charge in [0.1, 0.15) is 11.5 Å². The molecule has 3 aromatic rings. The fourth-order valence-electron chi connectivity index (χ4n) is 1.82. The first kappa shape index (κ1) is 14.3. The van der Waals surface area contributed by atoms with Crippen molar-refractivity contribution in [3.8, 4) is 0 Å². The van der Waals surface area contributed by atoms with Crippen LogP contribution in [-0.2, 0) is 0 Å². The second-order valence-electron chi connectivity index (χ2n) is 4.56. The van der Waals surface area contributed by atoms with Gasteiger partial charge in [0.2, 0.25) is 4.80 Å². The van der Waals surface area contributed by atoms with Gasteiger partial charge in [-0.15, -0.1) is 11.3 Å². The zero-order valence-electron chi connectivity index (χ0n) is 11.8. The Morgan fingerprint density at radius 3 is 2.73 bits per heavy atom. The van der Waals surface area contributed by atoms with Gasteiger partial charge in [0.05, 0.1) is 11.9 Å². The van der Waals surface area contributed by atoms with Gasteiger partial charge in [-0.05, 0) is 36.8 Å². The smallest absolute Gasteiger partial charge is 0.211 e. The van der Waals surface area contributed by atoms with Crippen LogP contribution >= 0.6 is 11.3 Å². The van der Waals surface area contributed by atoms with E-state index >= 15 is 0 Å². The van der Waals surface area contributed by atoms with E-state index in [9.17, 15) is 4.39 Å². The summed E-state index contributed by atoms with van der Waals surface area (Å²) in [5.41, 5.74) is 2.17. The summed E-state index contributed by atoms with van der Waals surface area (Å²) in [5.74, 6) is -0.349. The molecule has 0 aliphatic carbocycles. The molecule has 3 rings (SSSR count). The van der Waals surface area contributed by atoms with Crippen molar-refractivity contribution in [2.45, 2.75) is 6.92 Å². The minimum Gasteiger partial charge on any atom is -0.265 e. The van der Waals surface area contributed by atoms with Gasteiger partial charge < -0.3 is 0 Å². The highest BCUT2D eigenvalue weighted by molar-refractivity contribution is 7.07. The second kappa shape index (κ2) is 6.44. The third-order valence-electron chi connectivity index (χ3n) is 2.95. The highest BCUT2D eigenvalue weighted by Gasteiger charge is 2.02. The van der Waals surface area contributed by atoms with Gasteiger partial charge in [-0.3, -0.25) is 4.98 Å². The van der Waals surface area contributed by atoms with Crippen LogP contribution in [-0.4, -0.2) is 15.9 Å². The average Bonchev–Trinajstić information content (AvgIpc) is 2.89. The van der Waals surface area contributed by atoms with Crippen LogP contribution in [0.2, 0.25) is 0 Å². The summed E-state index contributed by atoms with van der Waals surface area (Å²) in [7, 11) is 0. The Labute approximate surface area is 130 Å². The Bertz CT molecular complexity index is 865. The molecule has 0 aliphatic heterocycles. The van der Waals surface area contributed by atoms with Gasteiger partial charge in [0, 0.05) is 17.8 Å². The Morgan fingerprint density at radius 1 is 1.18 bits per heavy atom. The molecular weight excluding hydrogens is 299 g/mol. The molecule has 0 N–H and O–H groups in total. The van der Waals surface area contributed by atoms with Crippen molar-refractivity contribution in [2.24, 2.45) is 10.1 Å². The molecule has 1 aromatic carbocycles. The van der Waals surface area contributed by atoms with Crippen molar-refractivity contribution in [2.75, 3.05) is 0 Å².